The lowest BCUT2D eigenvalue weighted by atomic mass is 9.96. The van der Waals surface area contributed by atoms with Crippen LogP contribution in [0.1, 0.15) is 29.2 Å². The first-order chi connectivity index (χ1) is 25.1. The van der Waals surface area contributed by atoms with Gasteiger partial charge in [0.05, 0.1) is 36.7 Å². The van der Waals surface area contributed by atoms with Gasteiger partial charge in [0.15, 0.2) is 22.7 Å². The third kappa shape index (κ3) is 5.81. The van der Waals surface area contributed by atoms with E-state index < -0.39 is 0 Å². The van der Waals surface area contributed by atoms with E-state index in [2.05, 4.69) is 104 Å². The molecule has 250 valence electrons. The van der Waals surface area contributed by atoms with Crippen molar-refractivity contribution in [2.45, 2.75) is 13.3 Å². The summed E-state index contributed by atoms with van der Waals surface area (Å²) < 4.78 is 34.3. The Hall–Kier alpha value is -6.18. The van der Waals surface area contributed by atoms with Gasteiger partial charge in [-0.15, -0.1) is 0 Å². The minimum atomic E-state index is 0.603. The highest BCUT2D eigenvalue weighted by molar-refractivity contribution is 7.00. The van der Waals surface area contributed by atoms with E-state index in [1.54, 1.807) is 14.2 Å². The zero-order valence-corrected chi connectivity index (χ0v) is 29.3. The van der Waals surface area contributed by atoms with Crippen LogP contribution in [0.5, 0.6) is 11.5 Å². The normalized spacial score (nSPS) is 16.4. The maximum Gasteiger partial charge on any atom is 0.181 e. The average Bonchev–Trinajstić information content (AvgIpc) is 3.93. The number of hydrogen-bond acceptors (Lipinski definition) is 7. The minimum Gasteiger partial charge on any atom is -0.492 e. The summed E-state index contributed by atoms with van der Waals surface area (Å²) in [4.78, 5) is 0. The number of aromatic nitrogens is 2. The fraction of sp³-hybridized carbons (Fsp3) is 0.0909. The second kappa shape index (κ2) is 13.6. The van der Waals surface area contributed by atoms with E-state index in [1.165, 1.54) is 17.3 Å². The predicted molar refractivity (Wildman–Crippen MR) is 210 cm³/mol. The molecule has 7 aromatic rings. The average molecular weight is 687 g/mol. The van der Waals surface area contributed by atoms with Crippen molar-refractivity contribution in [3.8, 4) is 34.1 Å². The highest BCUT2D eigenvalue weighted by Crippen LogP contribution is 2.48. The number of ether oxygens (including phenoxy) is 2. The van der Waals surface area contributed by atoms with Gasteiger partial charge in [-0.1, -0.05) is 122 Å². The van der Waals surface area contributed by atoms with Crippen LogP contribution in [0.3, 0.4) is 0 Å². The highest BCUT2D eigenvalue weighted by Gasteiger charge is 2.24. The molecule has 51 heavy (non-hydrogen) atoms. The lowest BCUT2D eigenvalue weighted by Crippen LogP contribution is -1.90. The molecule has 4 aromatic carbocycles. The van der Waals surface area contributed by atoms with Gasteiger partial charge < -0.3 is 18.3 Å². The summed E-state index contributed by atoms with van der Waals surface area (Å²) in [6, 6.07) is 24.9. The van der Waals surface area contributed by atoms with Crippen molar-refractivity contribution in [2.75, 3.05) is 14.2 Å². The van der Waals surface area contributed by atoms with E-state index in [0.29, 0.717) is 34.2 Å². The molecule has 0 aliphatic carbocycles. The molecule has 0 N–H and O–H groups in total. The Morgan fingerprint density at radius 1 is 0.765 bits per heavy atom. The molecule has 0 saturated heterocycles. The molecular formula is C44H34N2O4S. The second-order valence-corrected chi connectivity index (χ2v) is 12.7. The number of hydrogen-bond donors (Lipinski definition) is 0. The van der Waals surface area contributed by atoms with Gasteiger partial charge in [-0.2, -0.15) is 8.75 Å². The maximum absolute atomic E-state index is 6.47. The van der Waals surface area contributed by atoms with Gasteiger partial charge in [0.25, 0.3) is 0 Å². The molecule has 0 atom stereocenters. The molecule has 12 bridgehead atoms. The summed E-state index contributed by atoms with van der Waals surface area (Å²) in [5, 5.41) is 1.57. The summed E-state index contributed by atoms with van der Waals surface area (Å²) in [6.07, 6.45) is 19.3. The monoisotopic (exact) mass is 686 g/mol. The van der Waals surface area contributed by atoms with Crippen molar-refractivity contribution in [1.29, 1.82) is 0 Å². The van der Waals surface area contributed by atoms with Gasteiger partial charge in [0, 0.05) is 22.3 Å². The topological polar surface area (TPSA) is 70.5 Å². The van der Waals surface area contributed by atoms with Crippen molar-refractivity contribution in [2.24, 2.45) is 0 Å². The van der Waals surface area contributed by atoms with E-state index in [9.17, 15) is 0 Å². The van der Waals surface area contributed by atoms with Crippen molar-refractivity contribution in [1.82, 2.24) is 8.75 Å². The zero-order chi connectivity index (χ0) is 34.9. The molecule has 6 aliphatic heterocycles. The number of methoxy groups -OCH3 is 2. The third-order valence-electron chi connectivity index (χ3n) is 9.10. The number of nitrogens with zero attached hydrogens (tertiary/aromatic N) is 2. The second-order valence-electron chi connectivity index (χ2n) is 12.2. The third-order valence-corrected chi connectivity index (χ3v) is 9.63. The molecular weight excluding hydrogens is 653 g/mol. The maximum atomic E-state index is 6.47. The van der Waals surface area contributed by atoms with Gasteiger partial charge in [0.2, 0.25) is 0 Å². The Morgan fingerprint density at radius 2 is 1.37 bits per heavy atom. The Morgan fingerprint density at radius 3 is 1.98 bits per heavy atom. The van der Waals surface area contributed by atoms with Gasteiger partial charge in [-0.05, 0) is 47.8 Å². The molecule has 0 fully saturated rings. The number of fused-ring (bicyclic) bond motifs is 2. The summed E-state index contributed by atoms with van der Waals surface area (Å²) in [5.41, 5.74) is 11.2. The van der Waals surface area contributed by atoms with Crippen LogP contribution in [-0.4, -0.2) is 23.0 Å². The number of rotatable bonds is 4. The molecule has 7 heteroatoms. The number of benzene rings is 4. The first-order valence-electron chi connectivity index (χ1n) is 16.7. The molecule has 9 heterocycles. The standard InChI is InChI=1S/C44H34N2O4S/c1-5-9-29-13-7-11-27-15-19-31(20-16-27)37-25-35-41(47-3)44-36(42(48-4)43(35)49-37)26-38(50-44)32-21-17-28(18-22-32)12-8-14-30(10-6-2)34-24-23-33(29)39-40(34)46-51-45-39/h5-10,12-26H,1,11H2,2-4H3/b10-6-,12-8-,13-7-,29-9+,30-14+. The molecule has 6 aliphatic rings. The minimum absolute atomic E-state index is 0.603. The summed E-state index contributed by atoms with van der Waals surface area (Å²) in [7, 11) is 3.30. The Bertz CT molecular complexity index is 2530. The molecule has 6 nitrogen and oxygen atoms in total. The van der Waals surface area contributed by atoms with E-state index in [0.717, 1.165) is 67.2 Å². The van der Waals surface area contributed by atoms with Gasteiger partial charge in [0.1, 0.15) is 22.6 Å². The lowest BCUT2D eigenvalue weighted by Gasteiger charge is -2.08. The Balaban J connectivity index is 1.29. The molecule has 0 unspecified atom stereocenters. The van der Waals surface area contributed by atoms with E-state index in [1.807, 2.05) is 37.3 Å². The van der Waals surface area contributed by atoms with Crippen LogP contribution in [0.15, 0.2) is 137 Å². The van der Waals surface area contributed by atoms with Gasteiger partial charge >= 0.3 is 0 Å². The Kier molecular flexibility index (Phi) is 8.56. The molecule has 3 aromatic heterocycles. The van der Waals surface area contributed by atoms with Crippen molar-refractivity contribution >= 4 is 61.9 Å². The van der Waals surface area contributed by atoms with Crippen LogP contribution >= 0.6 is 11.7 Å². The summed E-state index contributed by atoms with van der Waals surface area (Å²) >= 11 is 1.23. The molecule has 0 amide bonds. The van der Waals surface area contributed by atoms with Crippen LogP contribution in [-0.2, 0) is 6.42 Å². The number of allylic oxidation sites excluding steroid dienone is 10. The number of furan rings is 2. The van der Waals surface area contributed by atoms with Crippen molar-refractivity contribution in [3.63, 3.8) is 0 Å². The quantitative estimate of drug-likeness (QED) is 0.184. The van der Waals surface area contributed by atoms with E-state index in [4.69, 9.17) is 27.1 Å². The smallest absolute Gasteiger partial charge is 0.181 e. The summed E-state index contributed by atoms with van der Waals surface area (Å²) in [5.74, 6) is 2.63. The van der Waals surface area contributed by atoms with Crippen molar-refractivity contribution in [3.05, 3.63) is 150 Å². The van der Waals surface area contributed by atoms with Crippen LogP contribution in [0.4, 0.5) is 0 Å². The van der Waals surface area contributed by atoms with Crippen LogP contribution in [0, 0.1) is 0 Å². The Labute approximate surface area is 300 Å². The van der Waals surface area contributed by atoms with Crippen LogP contribution < -0.4 is 9.47 Å². The largest absolute Gasteiger partial charge is 0.492 e. The van der Waals surface area contributed by atoms with Crippen LogP contribution in [0.25, 0.3) is 72.8 Å². The molecule has 0 saturated carbocycles. The van der Waals surface area contributed by atoms with E-state index in [-0.39, 0.29) is 0 Å². The first kappa shape index (κ1) is 32.0. The predicted octanol–water partition coefficient (Wildman–Crippen LogP) is 11.9. The molecule has 13 rings (SSSR count). The fourth-order valence-electron chi connectivity index (χ4n) is 6.65. The van der Waals surface area contributed by atoms with Gasteiger partial charge in [-0.3, -0.25) is 0 Å². The fourth-order valence-corrected chi connectivity index (χ4v) is 7.22. The molecule has 0 radical (unpaired) electrons. The summed E-state index contributed by atoms with van der Waals surface area (Å²) in [6.45, 7) is 6.00. The molecule has 0 spiro atoms. The van der Waals surface area contributed by atoms with E-state index >= 15 is 0 Å². The zero-order valence-electron chi connectivity index (χ0n) is 28.5. The highest BCUT2D eigenvalue weighted by atomic mass is 32.1. The van der Waals surface area contributed by atoms with Gasteiger partial charge in [-0.25, -0.2) is 0 Å². The lowest BCUT2D eigenvalue weighted by molar-refractivity contribution is 0.406. The van der Waals surface area contributed by atoms with Crippen LogP contribution in [0.2, 0.25) is 0 Å². The van der Waals surface area contributed by atoms with Crippen molar-refractivity contribution < 1.29 is 18.3 Å². The SMILES string of the molecule is C=C/C=C1\C=C/Cc2ccc(cc2)-c2cc3c(OC)c4oc(cc4c(OC)c3o2)-c2ccc(cc2)\C=C/C=C(\C=C/C)c2ccc1c1nsnc21. The first-order valence-corrected chi connectivity index (χ1v) is 17.4.